The molecular weight excluding hydrogens is 348 g/mol. The monoisotopic (exact) mass is 378 g/mol. The van der Waals surface area contributed by atoms with Crippen LogP contribution >= 0.6 is 0 Å². The molecule has 2 aromatic rings. The third-order valence-electron chi connectivity index (χ3n) is 6.15. The van der Waals surface area contributed by atoms with Crippen LogP contribution in [0.25, 0.3) is 0 Å². The van der Waals surface area contributed by atoms with Crippen LogP contribution in [0.15, 0.2) is 48.5 Å². The first-order chi connectivity index (χ1) is 13.7. The highest BCUT2D eigenvalue weighted by molar-refractivity contribution is 5.78. The predicted octanol–water partition coefficient (Wildman–Crippen LogP) is 2.88. The maximum Gasteiger partial charge on any atom is 0.220 e. The Morgan fingerprint density at radius 2 is 1.68 bits per heavy atom. The number of rotatable bonds is 5. The standard InChI is InChI=1S/C24H30N2O2/c27-20-8-5-14-26(17-20)15-13-25-24(28)16-23-21-9-3-1-6-18(21)11-12-19-7-2-4-10-22(19)23/h1-4,6-7,9-10,20,23,27H,5,8,11-17H2,(H,25,28)/t20-/m1/s1. The second kappa shape index (κ2) is 8.89. The van der Waals surface area contributed by atoms with Crippen LogP contribution in [0.1, 0.15) is 47.4 Å². The molecule has 148 valence electrons. The first kappa shape index (κ1) is 19.2. The van der Waals surface area contributed by atoms with Gasteiger partial charge in [0.05, 0.1) is 6.10 Å². The summed E-state index contributed by atoms with van der Waals surface area (Å²) in [5, 5.41) is 12.9. The number of piperidine rings is 1. The number of hydrogen-bond donors (Lipinski definition) is 2. The molecule has 0 radical (unpaired) electrons. The summed E-state index contributed by atoms with van der Waals surface area (Å²) >= 11 is 0. The van der Waals surface area contributed by atoms with Crippen molar-refractivity contribution in [2.45, 2.75) is 44.1 Å². The van der Waals surface area contributed by atoms with Crippen LogP contribution in [-0.4, -0.2) is 48.2 Å². The summed E-state index contributed by atoms with van der Waals surface area (Å²) in [6.45, 7) is 3.18. The highest BCUT2D eigenvalue weighted by Gasteiger charge is 2.25. The highest BCUT2D eigenvalue weighted by atomic mass is 16.3. The summed E-state index contributed by atoms with van der Waals surface area (Å²) in [6.07, 6.45) is 4.25. The zero-order valence-corrected chi connectivity index (χ0v) is 16.4. The van der Waals surface area contributed by atoms with Crippen molar-refractivity contribution in [1.29, 1.82) is 0 Å². The van der Waals surface area contributed by atoms with Crippen LogP contribution in [0.2, 0.25) is 0 Å². The zero-order valence-electron chi connectivity index (χ0n) is 16.4. The lowest BCUT2D eigenvalue weighted by Crippen LogP contribution is -2.42. The topological polar surface area (TPSA) is 52.6 Å². The SMILES string of the molecule is O=C(CC1c2ccccc2CCc2ccccc21)NCCN1CCC[C@@H](O)C1. The van der Waals surface area contributed by atoms with Gasteiger partial charge in [0.2, 0.25) is 5.91 Å². The van der Waals surface area contributed by atoms with Gasteiger partial charge in [0.15, 0.2) is 0 Å². The number of carbonyl (C=O) groups is 1. The molecule has 0 unspecified atom stereocenters. The van der Waals surface area contributed by atoms with E-state index in [1.54, 1.807) is 0 Å². The first-order valence-corrected chi connectivity index (χ1v) is 10.5. The number of amides is 1. The predicted molar refractivity (Wildman–Crippen MR) is 111 cm³/mol. The van der Waals surface area contributed by atoms with E-state index < -0.39 is 0 Å². The molecule has 0 aromatic heterocycles. The number of β-amino-alcohol motifs (C(OH)–C–C–N with tert-alkyl or cyclic N) is 1. The third-order valence-corrected chi connectivity index (χ3v) is 6.15. The van der Waals surface area contributed by atoms with Gasteiger partial charge in [-0.15, -0.1) is 0 Å². The number of fused-ring (bicyclic) bond motifs is 2. The lowest BCUT2D eigenvalue weighted by atomic mass is 9.85. The van der Waals surface area contributed by atoms with E-state index in [0.29, 0.717) is 13.0 Å². The molecular formula is C24H30N2O2. The van der Waals surface area contributed by atoms with Gasteiger partial charge in [-0.2, -0.15) is 0 Å². The fourth-order valence-corrected chi connectivity index (χ4v) is 4.71. The number of aliphatic hydroxyl groups excluding tert-OH is 1. The quantitative estimate of drug-likeness (QED) is 0.841. The van der Waals surface area contributed by atoms with E-state index in [0.717, 1.165) is 45.3 Å². The van der Waals surface area contributed by atoms with Crippen molar-refractivity contribution in [2.75, 3.05) is 26.2 Å². The Labute approximate surface area is 167 Å². The van der Waals surface area contributed by atoms with Gasteiger partial charge in [0.1, 0.15) is 0 Å². The Hall–Kier alpha value is -2.17. The molecule has 2 aliphatic rings. The highest BCUT2D eigenvalue weighted by Crippen LogP contribution is 2.36. The number of nitrogens with one attached hydrogen (secondary N) is 1. The van der Waals surface area contributed by atoms with Gasteiger partial charge >= 0.3 is 0 Å². The van der Waals surface area contributed by atoms with E-state index in [4.69, 9.17) is 0 Å². The molecule has 4 nitrogen and oxygen atoms in total. The largest absolute Gasteiger partial charge is 0.392 e. The summed E-state index contributed by atoms with van der Waals surface area (Å²) in [6, 6.07) is 17.1. The molecule has 1 saturated heterocycles. The summed E-state index contributed by atoms with van der Waals surface area (Å²) < 4.78 is 0. The fraction of sp³-hybridized carbons (Fsp3) is 0.458. The average molecular weight is 379 g/mol. The lowest BCUT2D eigenvalue weighted by molar-refractivity contribution is -0.121. The zero-order chi connectivity index (χ0) is 19.3. The molecule has 0 bridgehead atoms. The summed E-state index contributed by atoms with van der Waals surface area (Å²) in [7, 11) is 0. The van der Waals surface area contributed by atoms with E-state index in [2.05, 4.69) is 58.7 Å². The van der Waals surface area contributed by atoms with E-state index in [-0.39, 0.29) is 17.9 Å². The van der Waals surface area contributed by atoms with Crippen molar-refractivity contribution in [3.63, 3.8) is 0 Å². The van der Waals surface area contributed by atoms with E-state index >= 15 is 0 Å². The van der Waals surface area contributed by atoms with Gasteiger partial charge in [-0.1, -0.05) is 48.5 Å². The normalized spacial score (nSPS) is 20.1. The van der Waals surface area contributed by atoms with Crippen molar-refractivity contribution < 1.29 is 9.90 Å². The molecule has 28 heavy (non-hydrogen) atoms. The summed E-state index contributed by atoms with van der Waals surface area (Å²) in [5.41, 5.74) is 5.31. The Bertz CT molecular complexity index is 772. The van der Waals surface area contributed by atoms with E-state index in [1.807, 2.05) is 0 Å². The molecule has 4 heteroatoms. The van der Waals surface area contributed by atoms with E-state index in [9.17, 15) is 9.90 Å². The molecule has 0 spiro atoms. The minimum Gasteiger partial charge on any atom is -0.392 e. The second-order valence-electron chi connectivity index (χ2n) is 8.10. The number of nitrogens with zero attached hydrogens (tertiary/aromatic N) is 1. The van der Waals surface area contributed by atoms with Crippen molar-refractivity contribution in [3.8, 4) is 0 Å². The first-order valence-electron chi connectivity index (χ1n) is 10.5. The number of likely N-dealkylation sites (tertiary alicyclic amines) is 1. The van der Waals surface area contributed by atoms with Gasteiger partial charge in [-0.05, 0) is 54.5 Å². The van der Waals surface area contributed by atoms with Crippen molar-refractivity contribution in [3.05, 3.63) is 70.8 Å². The minimum atomic E-state index is -0.219. The fourth-order valence-electron chi connectivity index (χ4n) is 4.71. The van der Waals surface area contributed by atoms with Crippen LogP contribution in [-0.2, 0) is 17.6 Å². The number of hydrogen-bond acceptors (Lipinski definition) is 3. The van der Waals surface area contributed by atoms with Gasteiger partial charge in [-0.25, -0.2) is 0 Å². The Morgan fingerprint density at radius 3 is 2.32 bits per heavy atom. The van der Waals surface area contributed by atoms with Crippen molar-refractivity contribution >= 4 is 5.91 Å². The molecule has 1 aliphatic carbocycles. The molecule has 1 aliphatic heterocycles. The van der Waals surface area contributed by atoms with Crippen LogP contribution in [0.4, 0.5) is 0 Å². The van der Waals surface area contributed by atoms with E-state index in [1.165, 1.54) is 22.3 Å². The van der Waals surface area contributed by atoms with Gasteiger partial charge in [-0.3, -0.25) is 9.69 Å². The van der Waals surface area contributed by atoms with Crippen LogP contribution < -0.4 is 5.32 Å². The van der Waals surface area contributed by atoms with Gasteiger partial charge in [0, 0.05) is 32.0 Å². The molecule has 1 fully saturated rings. The lowest BCUT2D eigenvalue weighted by Gasteiger charge is -2.30. The number of carbonyl (C=O) groups excluding carboxylic acids is 1. The molecule has 1 heterocycles. The average Bonchev–Trinajstić information content (AvgIpc) is 2.86. The maximum absolute atomic E-state index is 12.8. The minimum absolute atomic E-state index is 0.106. The Balaban J connectivity index is 1.42. The van der Waals surface area contributed by atoms with Crippen molar-refractivity contribution in [1.82, 2.24) is 10.2 Å². The van der Waals surface area contributed by atoms with Gasteiger partial charge in [0.25, 0.3) is 0 Å². The number of benzene rings is 2. The second-order valence-corrected chi connectivity index (χ2v) is 8.10. The van der Waals surface area contributed by atoms with Crippen molar-refractivity contribution in [2.24, 2.45) is 0 Å². The third kappa shape index (κ3) is 4.45. The molecule has 1 amide bonds. The number of aryl methyl sites for hydroxylation is 2. The summed E-state index contributed by atoms with van der Waals surface area (Å²) in [4.78, 5) is 15.0. The smallest absolute Gasteiger partial charge is 0.220 e. The molecule has 2 N–H and O–H groups in total. The molecule has 1 atom stereocenters. The van der Waals surface area contributed by atoms with Crippen LogP contribution in [0, 0.1) is 0 Å². The Morgan fingerprint density at radius 1 is 1.04 bits per heavy atom. The van der Waals surface area contributed by atoms with Gasteiger partial charge < -0.3 is 10.4 Å². The maximum atomic E-state index is 12.8. The van der Waals surface area contributed by atoms with Crippen LogP contribution in [0.5, 0.6) is 0 Å². The Kier molecular flexibility index (Phi) is 6.08. The molecule has 0 saturated carbocycles. The van der Waals surface area contributed by atoms with Crippen LogP contribution in [0.3, 0.4) is 0 Å². The molecule has 4 rings (SSSR count). The summed E-state index contributed by atoms with van der Waals surface area (Å²) in [5.74, 6) is 0.223. The number of aliphatic hydroxyl groups is 1. The molecule has 2 aromatic carbocycles.